The number of oxazole rings is 1. The number of pyridine rings is 1. The summed E-state index contributed by atoms with van der Waals surface area (Å²) in [6.45, 7) is 1.90. The number of nitrogens with zero attached hydrogens (tertiary/aromatic N) is 2. The van der Waals surface area contributed by atoms with E-state index in [1.165, 1.54) is 6.07 Å². The first-order valence-electron chi connectivity index (χ1n) is 8.10. The fraction of sp³-hybridized carbons (Fsp3) is 0.0500. The summed E-state index contributed by atoms with van der Waals surface area (Å²) in [6.07, 6.45) is 1.66. The Kier molecular flexibility index (Phi) is 4.56. The zero-order valence-electron chi connectivity index (χ0n) is 14.2. The number of aromatic nitrogens is 2. The number of carbonyl (C=O) groups excluding carboxylic acids is 1. The number of hydrogen-bond acceptors (Lipinski definition) is 4. The number of fused-ring (bicyclic) bond motifs is 1. The molecule has 27 heavy (non-hydrogen) atoms. The van der Waals surface area contributed by atoms with Crippen LogP contribution in [-0.2, 0) is 0 Å². The zero-order valence-corrected chi connectivity index (χ0v) is 15.7. The highest BCUT2D eigenvalue weighted by molar-refractivity contribution is 6.37. The third-order valence-electron chi connectivity index (χ3n) is 4.07. The molecule has 2 aromatic heterocycles. The van der Waals surface area contributed by atoms with Gasteiger partial charge in [0.2, 0.25) is 5.89 Å². The molecule has 7 heteroatoms. The topological polar surface area (TPSA) is 68.0 Å². The van der Waals surface area contributed by atoms with Crippen molar-refractivity contribution in [3.05, 3.63) is 75.9 Å². The van der Waals surface area contributed by atoms with Gasteiger partial charge in [0, 0.05) is 22.5 Å². The van der Waals surface area contributed by atoms with Crippen molar-refractivity contribution in [2.75, 3.05) is 5.32 Å². The number of benzene rings is 2. The van der Waals surface area contributed by atoms with Crippen LogP contribution in [0.25, 0.3) is 22.7 Å². The molecule has 5 nitrogen and oxygen atoms in total. The molecule has 0 aliphatic rings. The van der Waals surface area contributed by atoms with Crippen LogP contribution >= 0.6 is 23.2 Å². The van der Waals surface area contributed by atoms with Crippen molar-refractivity contribution in [3.63, 3.8) is 0 Å². The number of hydrogen-bond donors (Lipinski definition) is 1. The SMILES string of the molecule is Cc1ccc(-c2nc3ncccc3o2)cc1NC(=O)c1ccc(Cl)cc1Cl. The Hall–Kier alpha value is -2.89. The summed E-state index contributed by atoms with van der Waals surface area (Å²) < 4.78 is 5.75. The molecule has 0 saturated heterocycles. The van der Waals surface area contributed by atoms with E-state index < -0.39 is 0 Å². The lowest BCUT2D eigenvalue weighted by molar-refractivity contribution is 0.102. The lowest BCUT2D eigenvalue weighted by atomic mass is 10.1. The van der Waals surface area contributed by atoms with E-state index in [1.54, 1.807) is 30.5 Å². The Morgan fingerprint density at radius 3 is 2.74 bits per heavy atom. The molecular formula is C20H13Cl2N3O2. The van der Waals surface area contributed by atoms with E-state index in [4.69, 9.17) is 27.6 Å². The minimum Gasteiger partial charge on any atom is -0.434 e. The second-order valence-electron chi connectivity index (χ2n) is 5.95. The first kappa shape index (κ1) is 17.5. The maximum Gasteiger partial charge on any atom is 0.257 e. The molecule has 1 N–H and O–H groups in total. The van der Waals surface area contributed by atoms with Crippen LogP contribution in [0, 0.1) is 6.92 Å². The van der Waals surface area contributed by atoms with E-state index in [0.29, 0.717) is 38.4 Å². The van der Waals surface area contributed by atoms with Crippen molar-refractivity contribution >= 4 is 46.0 Å². The van der Waals surface area contributed by atoms with Crippen molar-refractivity contribution in [2.24, 2.45) is 0 Å². The number of carbonyl (C=O) groups is 1. The number of nitrogens with one attached hydrogen (secondary N) is 1. The summed E-state index contributed by atoms with van der Waals surface area (Å²) in [7, 11) is 0. The molecule has 2 heterocycles. The van der Waals surface area contributed by atoms with Crippen molar-refractivity contribution < 1.29 is 9.21 Å². The first-order valence-corrected chi connectivity index (χ1v) is 8.86. The maximum atomic E-state index is 12.6. The van der Waals surface area contributed by atoms with Crippen LogP contribution in [0.5, 0.6) is 0 Å². The van der Waals surface area contributed by atoms with Crippen molar-refractivity contribution in [1.29, 1.82) is 0 Å². The van der Waals surface area contributed by atoms with Gasteiger partial charge < -0.3 is 9.73 Å². The van der Waals surface area contributed by atoms with Gasteiger partial charge in [-0.1, -0.05) is 29.3 Å². The Balaban J connectivity index is 1.67. The van der Waals surface area contributed by atoms with E-state index in [2.05, 4.69) is 15.3 Å². The Morgan fingerprint density at radius 1 is 1.11 bits per heavy atom. The number of amides is 1. The molecule has 2 aromatic carbocycles. The van der Waals surface area contributed by atoms with Gasteiger partial charge in [0.15, 0.2) is 11.2 Å². The predicted molar refractivity (Wildman–Crippen MR) is 106 cm³/mol. The fourth-order valence-corrected chi connectivity index (χ4v) is 3.14. The molecular weight excluding hydrogens is 385 g/mol. The predicted octanol–water partition coefficient (Wildman–Crippen LogP) is 5.76. The van der Waals surface area contributed by atoms with Crippen LogP contribution in [0.4, 0.5) is 5.69 Å². The number of halogens is 2. The highest BCUT2D eigenvalue weighted by atomic mass is 35.5. The van der Waals surface area contributed by atoms with Crippen LogP contribution in [0.3, 0.4) is 0 Å². The van der Waals surface area contributed by atoms with Gasteiger partial charge in [0.05, 0.1) is 10.6 Å². The zero-order chi connectivity index (χ0) is 19.0. The molecule has 4 rings (SSSR count). The molecule has 0 aliphatic heterocycles. The molecule has 134 valence electrons. The van der Waals surface area contributed by atoms with Crippen LogP contribution < -0.4 is 5.32 Å². The molecule has 0 fully saturated rings. The number of aryl methyl sites for hydroxylation is 1. The van der Waals surface area contributed by atoms with Gasteiger partial charge in [-0.25, -0.2) is 4.98 Å². The van der Waals surface area contributed by atoms with Crippen LogP contribution in [0.15, 0.2) is 59.1 Å². The Morgan fingerprint density at radius 2 is 1.96 bits per heavy atom. The molecule has 0 aliphatic carbocycles. The summed E-state index contributed by atoms with van der Waals surface area (Å²) in [5, 5.41) is 3.64. The van der Waals surface area contributed by atoms with E-state index >= 15 is 0 Å². The summed E-state index contributed by atoms with van der Waals surface area (Å²) in [5.41, 5.74) is 3.75. The van der Waals surface area contributed by atoms with Gasteiger partial charge in [0.1, 0.15) is 0 Å². The molecule has 0 spiro atoms. The lowest BCUT2D eigenvalue weighted by Crippen LogP contribution is -2.13. The second kappa shape index (κ2) is 7.02. The molecule has 1 amide bonds. The van der Waals surface area contributed by atoms with Gasteiger partial charge >= 0.3 is 0 Å². The lowest BCUT2D eigenvalue weighted by Gasteiger charge is -2.10. The normalized spacial score (nSPS) is 10.9. The second-order valence-corrected chi connectivity index (χ2v) is 6.80. The monoisotopic (exact) mass is 397 g/mol. The summed E-state index contributed by atoms with van der Waals surface area (Å²) in [5.74, 6) is 0.111. The fourth-order valence-electron chi connectivity index (χ4n) is 2.65. The molecule has 0 saturated carbocycles. The van der Waals surface area contributed by atoms with E-state index in [9.17, 15) is 4.79 Å². The number of anilines is 1. The summed E-state index contributed by atoms with van der Waals surface area (Å²) in [6, 6.07) is 13.9. The average Bonchev–Trinajstić information content (AvgIpc) is 3.07. The Bertz CT molecular complexity index is 1140. The van der Waals surface area contributed by atoms with Gasteiger partial charge in [-0.05, 0) is 55.0 Å². The van der Waals surface area contributed by atoms with E-state index in [0.717, 1.165) is 11.1 Å². The van der Waals surface area contributed by atoms with Gasteiger partial charge in [-0.3, -0.25) is 4.79 Å². The quantitative estimate of drug-likeness (QED) is 0.477. The highest BCUT2D eigenvalue weighted by Gasteiger charge is 2.14. The van der Waals surface area contributed by atoms with E-state index in [-0.39, 0.29) is 5.91 Å². The average molecular weight is 398 g/mol. The molecule has 0 radical (unpaired) electrons. The van der Waals surface area contributed by atoms with E-state index in [1.807, 2.05) is 25.1 Å². The van der Waals surface area contributed by atoms with Crippen molar-refractivity contribution in [2.45, 2.75) is 6.92 Å². The van der Waals surface area contributed by atoms with Crippen molar-refractivity contribution in [3.8, 4) is 11.5 Å². The molecule has 0 unspecified atom stereocenters. The third-order valence-corrected chi connectivity index (χ3v) is 4.62. The minimum atomic E-state index is -0.323. The first-order chi connectivity index (χ1) is 13.0. The maximum absolute atomic E-state index is 12.6. The summed E-state index contributed by atoms with van der Waals surface area (Å²) in [4.78, 5) is 21.2. The molecule has 0 atom stereocenters. The van der Waals surface area contributed by atoms with Crippen LogP contribution in [0.1, 0.15) is 15.9 Å². The Labute approximate surface area is 165 Å². The van der Waals surface area contributed by atoms with Gasteiger partial charge in [-0.15, -0.1) is 0 Å². The van der Waals surface area contributed by atoms with Crippen molar-refractivity contribution in [1.82, 2.24) is 9.97 Å². The standard InChI is InChI=1S/C20H13Cl2N3O2/c1-11-4-5-12(20-25-18-17(27-20)3-2-8-23-18)9-16(11)24-19(26)14-7-6-13(21)10-15(14)22/h2-10H,1H3,(H,24,26). The number of rotatable bonds is 3. The molecule has 4 aromatic rings. The van der Waals surface area contributed by atoms with Crippen LogP contribution in [-0.4, -0.2) is 15.9 Å². The smallest absolute Gasteiger partial charge is 0.257 e. The van der Waals surface area contributed by atoms with Gasteiger partial charge in [-0.2, -0.15) is 4.98 Å². The summed E-state index contributed by atoms with van der Waals surface area (Å²) >= 11 is 12.0. The minimum absolute atomic E-state index is 0.291. The highest BCUT2D eigenvalue weighted by Crippen LogP contribution is 2.28. The van der Waals surface area contributed by atoms with Gasteiger partial charge in [0.25, 0.3) is 5.91 Å². The molecule has 0 bridgehead atoms. The largest absolute Gasteiger partial charge is 0.434 e. The van der Waals surface area contributed by atoms with Crippen LogP contribution in [0.2, 0.25) is 10.0 Å². The third kappa shape index (κ3) is 3.52.